The molecule has 22 heavy (non-hydrogen) atoms. The van der Waals surface area contributed by atoms with Crippen molar-refractivity contribution in [1.82, 2.24) is 4.31 Å². The predicted octanol–water partition coefficient (Wildman–Crippen LogP) is -0.206. The predicted molar refractivity (Wildman–Crippen MR) is 78.7 cm³/mol. The third-order valence-electron chi connectivity index (χ3n) is 4.37. The van der Waals surface area contributed by atoms with Crippen LogP contribution in [0.4, 0.5) is 0 Å². The molecule has 0 radical (unpaired) electrons. The van der Waals surface area contributed by atoms with E-state index in [9.17, 15) is 23.4 Å². The van der Waals surface area contributed by atoms with E-state index in [1.54, 1.807) is 13.8 Å². The number of hydrogen-bond donors (Lipinski definition) is 1. The number of aliphatic carboxylic acids is 1. The summed E-state index contributed by atoms with van der Waals surface area (Å²) >= 11 is 0. The monoisotopic (exact) mass is 326 g/mol. The van der Waals surface area contributed by atoms with Crippen LogP contribution in [0.5, 0.6) is 0 Å². The van der Waals surface area contributed by atoms with Crippen molar-refractivity contribution in [3.05, 3.63) is 28.3 Å². The summed E-state index contributed by atoms with van der Waals surface area (Å²) in [7, 11) is -4.02. The standard InChI is InChI=1S/C15H21NO5S/c1-8-5-9(2)11(4)14(10(8)3)22(20,21)16-7-12(17)6-13(16)15(18)19/h5,12-13,17H,6-7H2,1-4H3,(H,18,19)/p-1/t12-,13+/m0/s1. The fourth-order valence-corrected chi connectivity index (χ4v) is 5.15. The third kappa shape index (κ3) is 2.64. The van der Waals surface area contributed by atoms with Crippen LogP contribution < -0.4 is 5.11 Å². The molecule has 2 rings (SSSR count). The first-order chi connectivity index (χ1) is 10.1. The SMILES string of the molecule is Cc1cc(C)c(C)c(S(=O)(=O)N2C[C@@H](O)C[C@@H]2C(=O)[O-])c1C. The molecule has 1 saturated heterocycles. The molecular formula is C15H20NO5S-. The number of carboxylic acids is 1. The molecule has 7 heteroatoms. The largest absolute Gasteiger partial charge is 0.548 e. The van der Waals surface area contributed by atoms with Crippen LogP contribution in [0, 0.1) is 27.7 Å². The number of nitrogens with zero attached hydrogens (tertiary/aromatic N) is 1. The molecule has 1 aliphatic rings. The third-order valence-corrected chi connectivity index (χ3v) is 6.52. The second-order valence-electron chi connectivity index (χ2n) is 5.89. The number of carboxylic acid groups (broad SMARTS) is 1. The number of aryl methyl sites for hydroxylation is 2. The molecule has 122 valence electrons. The van der Waals surface area contributed by atoms with Gasteiger partial charge in [-0.15, -0.1) is 0 Å². The van der Waals surface area contributed by atoms with E-state index in [0.717, 1.165) is 15.4 Å². The van der Waals surface area contributed by atoms with E-state index in [2.05, 4.69) is 0 Å². The van der Waals surface area contributed by atoms with Gasteiger partial charge in [0.05, 0.1) is 23.0 Å². The van der Waals surface area contributed by atoms with Crippen LogP contribution in [0.1, 0.15) is 28.7 Å². The Kier molecular flexibility index (Phi) is 4.34. The van der Waals surface area contributed by atoms with Crippen LogP contribution in [0.15, 0.2) is 11.0 Å². The summed E-state index contributed by atoms with van der Waals surface area (Å²) in [4.78, 5) is 11.3. The van der Waals surface area contributed by atoms with Crippen molar-refractivity contribution < 1.29 is 23.4 Å². The Morgan fingerprint density at radius 2 is 1.73 bits per heavy atom. The summed E-state index contributed by atoms with van der Waals surface area (Å²) in [6.07, 6.45) is -1.14. The molecule has 1 heterocycles. The highest BCUT2D eigenvalue weighted by atomic mass is 32.2. The number of β-amino-alcohol motifs (C(OH)–C–C–N with tert-alkyl or cyclic N) is 1. The van der Waals surface area contributed by atoms with Gasteiger partial charge in [0.25, 0.3) is 0 Å². The minimum Gasteiger partial charge on any atom is -0.548 e. The molecule has 1 N–H and O–H groups in total. The molecule has 0 aliphatic carbocycles. The second kappa shape index (κ2) is 5.64. The number of rotatable bonds is 3. The maximum absolute atomic E-state index is 13.0. The fraction of sp³-hybridized carbons (Fsp3) is 0.533. The van der Waals surface area contributed by atoms with Crippen molar-refractivity contribution in [1.29, 1.82) is 0 Å². The Bertz CT molecular complexity index is 700. The van der Waals surface area contributed by atoms with E-state index in [1.807, 2.05) is 19.9 Å². The van der Waals surface area contributed by atoms with Crippen molar-refractivity contribution in [3.8, 4) is 0 Å². The summed E-state index contributed by atoms with van der Waals surface area (Å²) in [6.45, 7) is 6.81. The van der Waals surface area contributed by atoms with E-state index >= 15 is 0 Å². The molecular weight excluding hydrogens is 306 g/mol. The average Bonchev–Trinajstić information content (AvgIpc) is 2.79. The quantitative estimate of drug-likeness (QED) is 0.829. The Balaban J connectivity index is 2.63. The first-order valence-corrected chi connectivity index (χ1v) is 8.49. The number of hydrogen-bond acceptors (Lipinski definition) is 5. The molecule has 0 saturated carbocycles. The summed E-state index contributed by atoms with van der Waals surface area (Å²) in [6, 6.07) is 0.568. The van der Waals surface area contributed by atoms with Crippen LogP contribution in [-0.4, -0.2) is 42.5 Å². The summed E-state index contributed by atoms with van der Waals surface area (Å²) < 4.78 is 26.8. The van der Waals surface area contributed by atoms with E-state index in [1.165, 1.54) is 0 Å². The highest BCUT2D eigenvalue weighted by molar-refractivity contribution is 7.89. The first kappa shape index (κ1) is 16.9. The lowest BCUT2D eigenvalue weighted by Gasteiger charge is -2.27. The second-order valence-corrected chi connectivity index (χ2v) is 7.72. The van der Waals surface area contributed by atoms with Gasteiger partial charge in [-0.1, -0.05) is 6.07 Å². The van der Waals surface area contributed by atoms with Crippen LogP contribution in [0.25, 0.3) is 0 Å². The molecule has 2 atom stereocenters. The van der Waals surface area contributed by atoms with Gasteiger partial charge in [0.1, 0.15) is 0 Å². The van der Waals surface area contributed by atoms with Crippen LogP contribution in [-0.2, 0) is 14.8 Å². The Morgan fingerprint density at radius 1 is 1.23 bits per heavy atom. The zero-order valence-electron chi connectivity index (χ0n) is 13.1. The van der Waals surface area contributed by atoms with E-state index in [-0.39, 0.29) is 17.9 Å². The number of aliphatic hydroxyl groups is 1. The fourth-order valence-electron chi connectivity index (χ4n) is 2.95. The maximum Gasteiger partial charge on any atom is 0.244 e. The molecule has 1 aliphatic heterocycles. The van der Waals surface area contributed by atoms with Crippen molar-refractivity contribution in [2.75, 3.05) is 6.54 Å². The maximum atomic E-state index is 13.0. The molecule has 1 aromatic rings. The van der Waals surface area contributed by atoms with E-state index < -0.39 is 28.1 Å². The smallest absolute Gasteiger partial charge is 0.244 e. The Morgan fingerprint density at radius 3 is 2.18 bits per heavy atom. The number of carbonyl (C=O) groups is 1. The van der Waals surface area contributed by atoms with Crippen LogP contribution >= 0.6 is 0 Å². The molecule has 0 spiro atoms. The number of aliphatic hydroxyl groups excluding tert-OH is 1. The summed E-state index contributed by atoms with van der Waals surface area (Å²) in [5.74, 6) is -1.49. The van der Waals surface area contributed by atoms with Gasteiger partial charge in [0.2, 0.25) is 10.0 Å². The van der Waals surface area contributed by atoms with Gasteiger partial charge in [0, 0.05) is 6.54 Å². The van der Waals surface area contributed by atoms with Crippen molar-refractivity contribution >= 4 is 16.0 Å². The van der Waals surface area contributed by atoms with Gasteiger partial charge >= 0.3 is 0 Å². The summed E-state index contributed by atoms with van der Waals surface area (Å²) in [5.41, 5.74) is 2.85. The first-order valence-electron chi connectivity index (χ1n) is 7.05. The van der Waals surface area contributed by atoms with Crippen LogP contribution in [0.3, 0.4) is 0 Å². The Labute approximate surface area is 130 Å². The normalized spacial score (nSPS) is 23.0. The molecule has 0 bridgehead atoms. The number of sulfonamides is 1. The molecule has 6 nitrogen and oxygen atoms in total. The molecule has 1 fully saturated rings. The minimum absolute atomic E-state index is 0.130. The lowest BCUT2D eigenvalue weighted by atomic mass is 10.0. The van der Waals surface area contributed by atoms with Crippen molar-refractivity contribution in [2.24, 2.45) is 0 Å². The van der Waals surface area contributed by atoms with E-state index in [4.69, 9.17) is 0 Å². The lowest BCUT2D eigenvalue weighted by molar-refractivity contribution is -0.309. The highest BCUT2D eigenvalue weighted by Gasteiger charge is 2.41. The lowest BCUT2D eigenvalue weighted by Crippen LogP contribution is -2.47. The summed E-state index contributed by atoms with van der Waals surface area (Å²) in [5, 5.41) is 20.9. The Hall–Kier alpha value is -1.44. The van der Waals surface area contributed by atoms with Gasteiger partial charge in [-0.3, -0.25) is 0 Å². The van der Waals surface area contributed by atoms with Crippen molar-refractivity contribution in [3.63, 3.8) is 0 Å². The van der Waals surface area contributed by atoms with Crippen LogP contribution in [0.2, 0.25) is 0 Å². The minimum atomic E-state index is -4.02. The van der Waals surface area contributed by atoms with Gasteiger partial charge in [-0.2, -0.15) is 4.31 Å². The zero-order valence-corrected chi connectivity index (χ0v) is 13.9. The van der Waals surface area contributed by atoms with Gasteiger partial charge in [-0.25, -0.2) is 8.42 Å². The molecule has 1 aromatic carbocycles. The van der Waals surface area contributed by atoms with Gasteiger partial charge < -0.3 is 15.0 Å². The van der Waals surface area contributed by atoms with Gasteiger partial charge in [0.15, 0.2) is 0 Å². The number of carbonyl (C=O) groups excluding carboxylic acids is 1. The topological polar surface area (TPSA) is 97.7 Å². The zero-order chi connectivity index (χ0) is 16.8. The van der Waals surface area contributed by atoms with Gasteiger partial charge in [-0.05, 0) is 56.4 Å². The van der Waals surface area contributed by atoms with E-state index in [0.29, 0.717) is 11.1 Å². The molecule has 0 amide bonds. The average molecular weight is 326 g/mol. The number of benzene rings is 1. The van der Waals surface area contributed by atoms with Crippen molar-refractivity contribution in [2.45, 2.75) is 51.2 Å². The highest BCUT2D eigenvalue weighted by Crippen LogP contribution is 2.32. The molecule has 0 unspecified atom stereocenters. The molecule has 0 aromatic heterocycles.